The fourth-order valence-corrected chi connectivity index (χ4v) is 5.03. The smallest absolute Gasteiger partial charge is 0.338 e. The SMILES string of the molecule is C=CCOc1ccc(C2C(C(=O)OCC)=C(C)N=c3s/c(=C\c4ccccc4OC(C)=O)c(=O)n32)cc1. The van der Waals surface area contributed by atoms with Gasteiger partial charge in [-0.3, -0.25) is 14.2 Å². The number of carbonyl (C=O) groups is 2. The minimum absolute atomic E-state index is 0.189. The predicted octanol–water partition coefficient (Wildman–Crippen LogP) is 3.29. The first-order chi connectivity index (χ1) is 17.8. The molecule has 1 aromatic heterocycles. The van der Waals surface area contributed by atoms with Gasteiger partial charge in [-0.15, -0.1) is 0 Å². The lowest BCUT2D eigenvalue weighted by Gasteiger charge is -2.24. The standard InChI is InChI=1S/C28H26N2O6S/c1-5-15-35-21-13-11-19(12-14-21)25-24(27(33)34-6-2)17(3)29-28-30(25)26(32)23(37-28)16-20-9-7-8-10-22(20)36-18(4)31/h5,7-14,16,25H,1,6,15H2,2-4H3/b23-16-. The molecule has 190 valence electrons. The third-order valence-electron chi connectivity index (χ3n) is 5.54. The molecule has 3 aromatic rings. The van der Waals surface area contributed by atoms with Crippen molar-refractivity contribution in [3.05, 3.63) is 103 Å². The quantitative estimate of drug-likeness (QED) is 0.258. The first-order valence-corrected chi connectivity index (χ1v) is 12.5. The molecule has 1 aliphatic heterocycles. The van der Waals surface area contributed by atoms with Crippen LogP contribution in [0.15, 0.2) is 82.2 Å². The fourth-order valence-electron chi connectivity index (χ4n) is 4.00. The summed E-state index contributed by atoms with van der Waals surface area (Å²) >= 11 is 1.19. The highest BCUT2D eigenvalue weighted by Gasteiger charge is 2.33. The second-order valence-corrected chi connectivity index (χ2v) is 9.11. The molecular formula is C28H26N2O6S. The molecule has 0 aliphatic carbocycles. The van der Waals surface area contributed by atoms with E-state index in [-0.39, 0.29) is 12.2 Å². The highest BCUT2D eigenvalue weighted by Crippen LogP contribution is 2.31. The fraction of sp³-hybridized carbons (Fsp3) is 0.214. The Hall–Kier alpha value is -4.24. The summed E-state index contributed by atoms with van der Waals surface area (Å²) in [5.74, 6) is -0.0137. The maximum absolute atomic E-state index is 13.7. The van der Waals surface area contributed by atoms with E-state index in [4.69, 9.17) is 14.2 Å². The van der Waals surface area contributed by atoms with Gasteiger partial charge in [0.2, 0.25) is 0 Å². The number of hydrogen-bond acceptors (Lipinski definition) is 8. The largest absolute Gasteiger partial charge is 0.490 e. The summed E-state index contributed by atoms with van der Waals surface area (Å²) < 4.78 is 18.1. The molecule has 1 aliphatic rings. The molecular weight excluding hydrogens is 492 g/mol. The van der Waals surface area contributed by atoms with E-state index in [1.54, 1.807) is 62.4 Å². The zero-order valence-electron chi connectivity index (χ0n) is 20.7. The van der Waals surface area contributed by atoms with Gasteiger partial charge < -0.3 is 14.2 Å². The molecule has 4 rings (SSSR count). The van der Waals surface area contributed by atoms with Crippen molar-refractivity contribution < 1.29 is 23.8 Å². The third-order valence-corrected chi connectivity index (χ3v) is 6.52. The van der Waals surface area contributed by atoms with E-state index < -0.39 is 18.0 Å². The first-order valence-electron chi connectivity index (χ1n) is 11.6. The number of esters is 2. The minimum Gasteiger partial charge on any atom is -0.490 e. The van der Waals surface area contributed by atoms with Gasteiger partial charge in [-0.1, -0.05) is 54.3 Å². The summed E-state index contributed by atoms with van der Waals surface area (Å²) in [4.78, 5) is 43.3. The first kappa shape index (κ1) is 25.8. The summed E-state index contributed by atoms with van der Waals surface area (Å²) in [7, 11) is 0. The van der Waals surface area contributed by atoms with E-state index in [1.807, 2.05) is 12.1 Å². The van der Waals surface area contributed by atoms with Crippen molar-refractivity contribution in [3.63, 3.8) is 0 Å². The minimum atomic E-state index is -0.741. The average Bonchev–Trinajstić information content (AvgIpc) is 3.17. The van der Waals surface area contributed by atoms with Crippen molar-refractivity contribution >= 4 is 29.4 Å². The Balaban J connectivity index is 1.89. The number of carbonyl (C=O) groups excluding carboxylic acids is 2. The van der Waals surface area contributed by atoms with Gasteiger partial charge >= 0.3 is 11.9 Å². The van der Waals surface area contributed by atoms with E-state index in [9.17, 15) is 14.4 Å². The number of thiazole rings is 1. The van der Waals surface area contributed by atoms with Gasteiger partial charge in [0.25, 0.3) is 5.56 Å². The number of nitrogens with zero attached hydrogens (tertiary/aromatic N) is 2. The van der Waals surface area contributed by atoms with Crippen LogP contribution >= 0.6 is 11.3 Å². The number of para-hydroxylation sites is 1. The molecule has 2 heterocycles. The molecule has 2 aromatic carbocycles. The Morgan fingerprint density at radius 3 is 2.57 bits per heavy atom. The van der Waals surface area contributed by atoms with Crippen LogP contribution in [0.1, 0.15) is 37.9 Å². The summed E-state index contributed by atoms with van der Waals surface area (Å²) in [5, 5.41) is 0. The van der Waals surface area contributed by atoms with E-state index in [1.165, 1.54) is 22.8 Å². The molecule has 8 nitrogen and oxygen atoms in total. The molecule has 0 spiro atoms. The third kappa shape index (κ3) is 5.46. The van der Waals surface area contributed by atoms with Crippen molar-refractivity contribution in [2.24, 2.45) is 4.99 Å². The molecule has 0 amide bonds. The van der Waals surface area contributed by atoms with Crippen LogP contribution in [0.5, 0.6) is 11.5 Å². The van der Waals surface area contributed by atoms with Crippen LogP contribution in [-0.4, -0.2) is 29.7 Å². The lowest BCUT2D eigenvalue weighted by Crippen LogP contribution is -2.39. The number of ether oxygens (including phenoxy) is 3. The van der Waals surface area contributed by atoms with Gasteiger partial charge in [0.15, 0.2) is 4.80 Å². The molecule has 0 bridgehead atoms. The molecule has 0 N–H and O–H groups in total. The summed E-state index contributed by atoms with van der Waals surface area (Å²) in [5.41, 5.74) is 1.72. The summed E-state index contributed by atoms with van der Waals surface area (Å²) in [6.45, 7) is 8.97. The number of hydrogen-bond donors (Lipinski definition) is 0. The summed E-state index contributed by atoms with van der Waals surface area (Å²) in [6, 6.07) is 13.4. The van der Waals surface area contributed by atoms with Gasteiger partial charge in [0.05, 0.1) is 28.5 Å². The molecule has 0 fully saturated rings. The number of benzene rings is 2. The second kappa shape index (κ2) is 11.2. The van der Waals surface area contributed by atoms with Crippen LogP contribution < -0.4 is 24.4 Å². The Bertz CT molecular complexity index is 1560. The molecule has 0 saturated carbocycles. The van der Waals surface area contributed by atoms with Gasteiger partial charge in [-0.2, -0.15) is 0 Å². The van der Waals surface area contributed by atoms with E-state index in [2.05, 4.69) is 11.6 Å². The Morgan fingerprint density at radius 2 is 1.89 bits per heavy atom. The maximum Gasteiger partial charge on any atom is 0.338 e. The van der Waals surface area contributed by atoms with Gasteiger partial charge in [0.1, 0.15) is 18.1 Å². The summed E-state index contributed by atoms with van der Waals surface area (Å²) in [6.07, 6.45) is 3.31. The number of rotatable bonds is 8. The number of fused-ring (bicyclic) bond motifs is 1. The molecule has 37 heavy (non-hydrogen) atoms. The number of aromatic nitrogens is 1. The van der Waals surface area contributed by atoms with Crippen molar-refractivity contribution in [1.82, 2.24) is 4.57 Å². The van der Waals surface area contributed by atoms with Crippen LogP contribution in [0.4, 0.5) is 0 Å². The van der Waals surface area contributed by atoms with Crippen molar-refractivity contribution in [3.8, 4) is 11.5 Å². The molecule has 0 saturated heterocycles. The highest BCUT2D eigenvalue weighted by molar-refractivity contribution is 7.07. The Labute approximate surface area is 217 Å². The van der Waals surface area contributed by atoms with Crippen molar-refractivity contribution in [2.45, 2.75) is 26.8 Å². The maximum atomic E-state index is 13.7. The molecule has 0 radical (unpaired) electrons. The highest BCUT2D eigenvalue weighted by atomic mass is 32.1. The lowest BCUT2D eigenvalue weighted by molar-refractivity contribution is -0.139. The van der Waals surface area contributed by atoms with Crippen LogP contribution in [0, 0.1) is 0 Å². The average molecular weight is 519 g/mol. The van der Waals surface area contributed by atoms with Crippen LogP contribution in [-0.2, 0) is 14.3 Å². The van der Waals surface area contributed by atoms with Crippen molar-refractivity contribution in [1.29, 1.82) is 0 Å². The van der Waals surface area contributed by atoms with Gasteiger partial charge in [-0.05, 0) is 43.7 Å². The molecule has 9 heteroatoms. The van der Waals surface area contributed by atoms with E-state index in [0.29, 0.717) is 49.8 Å². The lowest BCUT2D eigenvalue weighted by atomic mass is 9.96. The zero-order chi connectivity index (χ0) is 26.5. The van der Waals surface area contributed by atoms with Crippen LogP contribution in [0.2, 0.25) is 0 Å². The Morgan fingerprint density at radius 1 is 1.16 bits per heavy atom. The number of allylic oxidation sites excluding steroid dienone is 1. The van der Waals surface area contributed by atoms with Gasteiger partial charge in [0, 0.05) is 12.5 Å². The van der Waals surface area contributed by atoms with Gasteiger partial charge in [-0.25, -0.2) is 9.79 Å². The zero-order valence-corrected chi connectivity index (χ0v) is 21.5. The normalized spacial score (nSPS) is 15.0. The van der Waals surface area contributed by atoms with E-state index >= 15 is 0 Å². The second-order valence-electron chi connectivity index (χ2n) is 8.10. The van der Waals surface area contributed by atoms with Crippen molar-refractivity contribution in [2.75, 3.05) is 13.2 Å². The Kier molecular flexibility index (Phi) is 7.83. The molecule has 1 atom stereocenters. The molecule has 1 unspecified atom stereocenters. The van der Waals surface area contributed by atoms with Crippen LogP contribution in [0.25, 0.3) is 6.08 Å². The predicted molar refractivity (Wildman–Crippen MR) is 140 cm³/mol. The topological polar surface area (TPSA) is 96.2 Å². The van der Waals surface area contributed by atoms with E-state index in [0.717, 1.165) is 0 Å². The monoisotopic (exact) mass is 518 g/mol. The van der Waals surface area contributed by atoms with Crippen LogP contribution in [0.3, 0.4) is 0 Å².